The van der Waals surface area contributed by atoms with Gasteiger partial charge in [0, 0.05) is 118 Å². The molecule has 0 aliphatic rings. The molecule has 0 aliphatic heterocycles. The number of pyridine rings is 3. The van der Waals surface area contributed by atoms with Gasteiger partial charge in [0.1, 0.15) is 11.3 Å². The first-order chi connectivity index (χ1) is 66.3. The largest absolute Gasteiger partial charge is 2.00 e. The van der Waals surface area contributed by atoms with Crippen molar-refractivity contribution < 1.29 is 46.2 Å². The van der Waals surface area contributed by atoms with Crippen LogP contribution in [0.1, 0.15) is 30.9 Å². The average Bonchev–Trinajstić information content (AvgIpc) is 1.52. The fraction of sp³-hybridized carbons (Fsp3) is 0.0331. The summed E-state index contributed by atoms with van der Waals surface area (Å²) in [6, 6.07) is 160. The van der Waals surface area contributed by atoms with Gasteiger partial charge in [-0.15, -0.1) is 24.3 Å². The van der Waals surface area contributed by atoms with Crippen LogP contribution in [0.2, 0.25) is 0 Å². The molecule has 15 heteroatoms. The molecule has 5 heterocycles. The summed E-state index contributed by atoms with van der Waals surface area (Å²) in [7, 11) is 0. The number of benzene rings is 18. The van der Waals surface area contributed by atoms with E-state index in [1.165, 1.54) is 98.8 Å². The van der Waals surface area contributed by atoms with Gasteiger partial charge in [-0.3, -0.25) is 17.6 Å². The maximum Gasteiger partial charge on any atom is 2.00 e. The van der Waals surface area contributed by atoms with Gasteiger partial charge in [0.2, 0.25) is 0 Å². The SMILES string of the molecule is CC(C)(c1cccc(-c2[c-]cc(F)cc2F)n1)c1cccc(-c2[c-]cc(F)cc2F)n1.Cc1ccc2cccc([O][Al][O]c3ccc(-c4ccccc4)cc3)c2n1.[Pt+2].c1cc(-n2c3ccccc3c3ccccc32)cc(-n2c3ccccc3c3ccccc32)c1.c1ccc(N(c2ccc(-c3ccc(N(c4ccccc4)c4cccc5ccccc45)cc3)cc2)c2cccc3ccccc23)cc1. The summed E-state index contributed by atoms with van der Waals surface area (Å²) >= 11 is -0.665. The average molecular weight is 1970 g/mol. The Hall–Kier alpha value is -16.1. The van der Waals surface area contributed by atoms with Crippen LogP contribution in [0, 0.1) is 42.3 Å². The molecule has 0 atom stereocenters. The van der Waals surface area contributed by atoms with Crippen LogP contribution < -0.4 is 17.4 Å². The van der Waals surface area contributed by atoms with Crippen molar-refractivity contribution in [3.8, 4) is 67.6 Å². The molecule has 0 saturated heterocycles. The van der Waals surface area contributed by atoms with E-state index in [1.807, 2.05) is 75.4 Å². The molecule has 0 fully saturated rings. The molecular weight excluding hydrogens is 1880 g/mol. The molecular formula is C121H85AlF4N7O2Pt. The van der Waals surface area contributed by atoms with Crippen molar-refractivity contribution in [2.75, 3.05) is 9.80 Å². The number of fused-ring (bicyclic) bond motifs is 9. The summed E-state index contributed by atoms with van der Waals surface area (Å²) < 4.78 is 71.3. The van der Waals surface area contributed by atoms with Crippen molar-refractivity contribution in [1.29, 1.82) is 0 Å². The van der Waals surface area contributed by atoms with Crippen LogP contribution in [0.15, 0.2) is 461 Å². The number of nitrogens with zero attached hydrogens (tertiary/aromatic N) is 7. The number of hydrogen-bond acceptors (Lipinski definition) is 7. The van der Waals surface area contributed by atoms with Gasteiger partial charge in [0.05, 0.1) is 39.2 Å². The number of anilines is 6. The van der Waals surface area contributed by atoms with Crippen LogP contribution in [0.3, 0.4) is 0 Å². The molecule has 136 heavy (non-hydrogen) atoms. The third kappa shape index (κ3) is 18.8. The Morgan fingerprint density at radius 1 is 0.309 bits per heavy atom. The van der Waals surface area contributed by atoms with Crippen molar-refractivity contribution in [3.63, 3.8) is 0 Å². The topological polar surface area (TPSA) is 73.5 Å². The van der Waals surface area contributed by atoms with Crippen LogP contribution in [-0.4, -0.2) is 40.0 Å². The summed E-state index contributed by atoms with van der Waals surface area (Å²) in [6.07, 6.45) is 0. The number of halogens is 4. The Balaban J connectivity index is 0.000000119. The molecule has 0 bridgehead atoms. The van der Waals surface area contributed by atoms with Crippen LogP contribution in [-0.2, 0) is 26.5 Å². The van der Waals surface area contributed by atoms with Crippen molar-refractivity contribution in [2.24, 2.45) is 0 Å². The van der Waals surface area contributed by atoms with Crippen LogP contribution in [0.4, 0.5) is 51.7 Å². The van der Waals surface area contributed by atoms with Crippen LogP contribution in [0.5, 0.6) is 11.5 Å². The Morgan fingerprint density at radius 3 is 1.10 bits per heavy atom. The molecule has 0 unspecified atom stereocenters. The number of hydrogen-bond donors (Lipinski definition) is 0. The Bertz CT molecular complexity index is 7710. The maximum atomic E-state index is 14.2. The predicted octanol–water partition coefficient (Wildman–Crippen LogP) is 32.0. The normalized spacial score (nSPS) is 11.1. The Morgan fingerprint density at radius 2 is 0.662 bits per heavy atom. The van der Waals surface area contributed by atoms with E-state index in [9.17, 15) is 17.6 Å². The number of rotatable bonds is 18. The van der Waals surface area contributed by atoms with Gasteiger partial charge >= 0.3 is 37.0 Å². The van der Waals surface area contributed by atoms with Crippen molar-refractivity contribution in [1.82, 2.24) is 24.1 Å². The smallest absolute Gasteiger partial charge is 0.616 e. The summed E-state index contributed by atoms with van der Waals surface area (Å²) in [4.78, 5) is 18.4. The van der Waals surface area contributed by atoms with Gasteiger partial charge in [-0.2, -0.15) is 0 Å². The van der Waals surface area contributed by atoms with E-state index in [0.717, 1.165) is 86.5 Å². The molecule has 18 aromatic carbocycles. The number of para-hydroxylation sites is 7. The van der Waals surface area contributed by atoms with E-state index >= 15 is 0 Å². The zero-order chi connectivity index (χ0) is 91.7. The molecule has 0 N–H and O–H groups in total. The minimum Gasteiger partial charge on any atom is -0.616 e. The van der Waals surface area contributed by atoms with E-state index in [0.29, 0.717) is 22.8 Å². The molecule has 5 aromatic heterocycles. The third-order valence-electron chi connectivity index (χ3n) is 24.3. The van der Waals surface area contributed by atoms with Crippen molar-refractivity contribution in [3.05, 3.63) is 514 Å². The van der Waals surface area contributed by atoms with Gasteiger partial charge in [0.25, 0.3) is 0 Å². The molecule has 9 nitrogen and oxygen atoms in total. The van der Waals surface area contributed by atoms with Crippen molar-refractivity contribution >= 4 is 126 Å². The minimum atomic E-state index is -0.759. The van der Waals surface area contributed by atoms with Gasteiger partial charge in [-0.1, -0.05) is 321 Å². The van der Waals surface area contributed by atoms with E-state index < -0.39 is 44.6 Å². The summed E-state index contributed by atoms with van der Waals surface area (Å²) in [5.74, 6) is -1.38. The van der Waals surface area contributed by atoms with Crippen molar-refractivity contribution in [2.45, 2.75) is 26.2 Å². The van der Waals surface area contributed by atoms with Gasteiger partial charge in [-0.05, 0) is 205 Å². The molecule has 23 rings (SSSR count). The molecule has 0 aliphatic carbocycles. The first-order valence-electron chi connectivity index (χ1n) is 44.6. The van der Waals surface area contributed by atoms with Gasteiger partial charge in [-0.25, -0.2) is 4.98 Å². The molecule has 1 radical (unpaired) electrons. The van der Waals surface area contributed by atoms with E-state index in [4.69, 9.17) is 7.58 Å². The Labute approximate surface area is 807 Å². The van der Waals surface area contributed by atoms with E-state index in [1.54, 1.807) is 36.4 Å². The second-order valence-corrected chi connectivity index (χ2v) is 33.9. The molecule has 23 aromatic rings. The summed E-state index contributed by atoms with van der Waals surface area (Å²) in [6.45, 7) is 5.73. The minimum absolute atomic E-state index is 0. The monoisotopic (exact) mass is 1970 g/mol. The molecule has 0 spiro atoms. The van der Waals surface area contributed by atoms with E-state index in [-0.39, 0.29) is 32.2 Å². The van der Waals surface area contributed by atoms with Gasteiger partial charge in [0.15, 0.2) is 0 Å². The number of aromatic nitrogens is 5. The Kier molecular flexibility index (Phi) is 26.3. The number of aryl methyl sites for hydroxylation is 1. The fourth-order valence-corrected chi connectivity index (χ4v) is 18.3. The molecule has 0 amide bonds. The van der Waals surface area contributed by atoms with Crippen LogP contribution >= 0.6 is 0 Å². The summed E-state index contributed by atoms with van der Waals surface area (Å²) in [5, 5.41) is 11.1. The molecule has 0 saturated carbocycles. The summed E-state index contributed by atoms with van der Waals surface area (Å²) in [5.41, 5.74) is 21.8. The quantitative estimate of drug-likeness (QED) is 0.0481. The second-order valence-electron chi connectivity index (χ2n) is 33.2. The fourth-order valence-electron chi connectivity index (χ4n) is 17.7. The van der Waals surface area contributed by atoms with Crippen LogP contribution in [0.25, 0.3) is 132 Å². The first-order valence-corrected chi connectivity index (χ1v) is 45.5. The predicted molar refractivity (Wildman–Crippen MR) is 546 cm³/mol. The zero-order valence-electron chi connectivity index (χ0n) is 74.2. The molecule has 657 valence electrons. The third-order valence-corrected chi connectivity index (χ3v) is 25.0. The second kappa shape index (κ2) is 40.2. The first kappa shape index (κ1) is 89.2. The standard InChI is InChI=1S/C44H32N2.C30H20N2.C25H16F4N2.C12H10O.C10H9NO.Al.Pt/c1-3-17-37(18-4-1)45(43-23-11-15-35-13-7-9-21-41(35)43)39-29-25-33(26-30-39)34-27-31-40(32-28-34)46(38-19-5-2-6-20-38)44-24-12-16-36-14-8-10-22-42(36)44;1-5-16-27-23(12-1)24-13-2-6-17-28(24)31(27)21-10-9-11-22(20-21)32-29-18-7-3-14-25(29)26-15-4-8-19-30(26)32;1-25(2,23-7-3-5-21(30-23)17-11-9-15(26)13-19(17)28)24-8-4-6-22(31-24)18-12-10-16(27)14-20(18)29;13-12-8-6-11(7-9-12)10-4-2-1-3-5-10;1-7-5-6-8-3-2-4-9(12)10(8)11-7;;/h1-32H;1-20H;3-10,13-14H,1-2H3;1-9,13H;2-6,12H,1H3;;/q;;-2;;;2*+2/p-2. The zero-order valence-corrected chi connectivity index (χ0v) is 77.7. The maximum absolute atomic E-state index is 14.2. The van der Waals surface area contributed by atoms with E-state index in [2.05, 4.69) is 392 Å². The van der Waals surface area contributed by atoms with Gasteiger partial charge < -0.3 is 36.5 Å².